The number of nitrogens with two attached hydrogens (primary N) is 1. The number of likely N-dealkylation sites (tertiary alicyclic amines) is 1. The summed E-state index contributed by atoms with van der Waals surface area (Å²) in [7, 11) is 0. The molecule has 1 aliphatic heterocycles. The number of hydrogen-bond acceptors (Lipinski definition) is 2. The summed E-state index contributed by atoms with van der Waals surface area (Å²) >= 11 is 0. The number of carbonyl (C=O) groups excluding carboxylic acids is 1. The SMILES string of the molecule is N[C@H]1C[C@@H](c2cccc(F)c2F)CN(CCC(F)(F)F)C1=O. The third-order valence-corrected chi connectivity index (χ3v) is 3.69. The molecule has 0 bridgehead atoms. The van der Waals surface area contributed by atoms with E-state index in [1.54, 1.807) is 0 Å². The minimum absolute atomic E-state index is 0.0277. The maximum atomic E-state index is 13.8. The molecule has 1 aromatic carbocycles. The van der Waals surface area contributed by atoms with Crippen molar-refractivity contribution in [3.05, 3.63) is 35.4 Å². The van der Waals surface area contributed by atoms with Gasteiger partial charge in [-0.1, -0.05) is 12.1 Å². The third-order valence-electron chi connectivity index (χ3n) is 3.69. The van der Waals surface area contributed by atoms with Gasteiger partial charge in [-0.3, -0.25) is 4.79 Å². The fourth-order valence-electron chi connectivity index (χ4n) is 2.60. The van der Waals surface area contributed by atoms with Crippen molar-refractivity contribution in [3.63, 3.8) is 0 Å². The van der Waals surface area contributed by atoms with Crippen molar-refractivity contribution in [2.45, 2.75) is 31.0 Å². The van der Waals surface area contributed by atoms with Crippen LogP contribution in [0.3, 0.4) is 0 Å². The van der Waals surface area contributed by atoms with Crippen LogP contribution >= 0.6 is 0 Å². The molecule has 2 atom stereocenters. The lowest BCUT2D eigenvalue weighted by molar-refractivity contribution is -0.148. The van der Waals surface area contributed by atoms with Gasteiger partial charge < -0.3 is 10.6 Å². The first-order valence-electron chi connectivity index (χ1n) is 6.74. The van der Waals surface area contributed by atoms with Gasteiger partial charge in [0.25, 0.3) is 0 Å². The van der Waals surface area contributed by atoms with Crippen LogP contribution in [0, 0.1) is 11.6 Å². The molecule has 0 radical (unpaired) electrons. The normalized spacial score (nSPS) is 23.0. The first kappa shape index (κ1) is 16.7. The Morgan fingerprint density at radius 1 is 1.27 bits per heavy atom. The predicted octanol–water partition coefficient (Wildman–Crippen LogP) is 2.56. The number of alkyl halides is 3. The minimum Gasteiger partial charge on any atom is -0.340 e. The molecule has 2 N–H and O–H groups in total. The lowest BCUT2D eigenvalue weighted by Crippen LogP contribution is -2.51. The van der Waals surface area contributed by atoms with Crippen LogP contribution in [0.15, 0.2) is 18.2 Å². The Bertz CT molecular complexity index is 561. The quantitative estimate of drug-likeness (QED) is 0.870. The molecule has 0 aromatic heterocycles. The van der Waals surface area contributed by atoms with Gasteiger partial charge in [0.2, 0.25) is 5.91 Å². The van der Waals surface area contributed by atoms with Crippen molar-refractivity contribution in [2.75, 3.05) is 13.1 Å². The summed E-state index contributed by atoms with van der Waals surface area (Å²) in [6.07, 6.45) is -5.49. The van der Waals surface area contributed by atoms with Crippen molar-refractivity contribution in [1.82, 2.24) is 4.90 Å². The first-order valence-corrected chi connectivity index (χ1v) is 6.74. The van der Waals surface area contributed by atoms with Gasteiger partial charge in [-0.2, -0.15) is 13.2 Å². The second kappa shape index (κ2) is 6.20. The highest BCUT2D eigenvalue weighted by atomic mass is 19.4. The Hall–Kier alpha value is -1.70. The second-order valence-corrected chi connectivity index (χ2v) is 5.33. The standard InChI is InChI=1S/C14H15F5N2O/c15-10-3-1-2-9(12(10)16)8-6-11(20)13(22)21(7-8)5-4-14(17,18)19/h1-3,8,11H,4-7,20H2/t8-,11+/m1/s1. The number of rotatable bonds is 3. The largest absolute Gasteiger partial charge is 0.390 e. The summed E-state index contributed by atoms with van der Waals surface area (Å²) in [5.41, 5.74) is 5.66. The van der Waals surface area contributed by atoms with Crippen LogP contribution in [0.1, 0.15) is 24.3 Å². The molecule has 1 heterocycles. The molecule has 1 saturated heterocycles. The Morgan fingerprint density at radius 2 is 1.95 bits per heavy atom. The van der Waals surface area contributed by atoms with E-state index in [1.807, 2.05) is 0 Å². The summed E-state index contributed by atoms with van der Waals surface area (Å²) in [6.45, 7) is -0.646. The lowest BCUT2D eigenvalue weighted by Gasteiger charge is -2.36. The van der Waals surface area contributed by atoms with E-state index in [-0.39, 0.29) is 18.5 Å². The molecule has 0 saturated carbocycles. The van der Waals surface area contributed by atoms with Gasteiger partial charge in [0.1, 0.15) is 0 Å². The van der Waals surface area contributed by atoms with Gasteiger partial charge in [-0.25, -0.2) is 8.78 Å². The van der Waals surface area contributed by atoms with Gasteiger partial charge in [-0.15, -0.1) is 0 Å². The number of nitrogens with zero attached hydrogens (tertiary/aromatic N) is 1. The molecule has 22 heavy (non-hydrogen) atoms. The number of halogens is 5. The third kappa shape index (κ3) is 3.73. The molecule has 3 nitrogen and oxygen atoms in total. The molecule has 0 spiro atoms. The minimum atomic E-state index is -4.40. The van der Waals surface area contributed by atoms with Crippen molar-refractivity contribution in [2.24, 2.45) is 5.73 Å². The Kier molecular flexibility index (Phi) is 4.69. The highest BCUT2D eigenvalue weighted by Crippen LogP contribution is 2.31. The molecule has 1 aromatic rings. The topological polar surface area (TPSA) is 46.3 Å². The maximum absolute atomic E-state index is 13.8. The van der Waals surface area contributed by atoms with E-state index in [4.69, 9.17) is 5.73 Å². The Labute approximate surface area is 123 Å². The smallest absolute Gasteiger partial charge is 0.340 e. The number of benzene rings is 1. The molecule has 2 rings (SSSR count). The number of piperidine rings is 1. The van der Waals surface area contributed by atoms with E-state index in [0.717, 1.165) is 11.0 Å². The lowest BCUT2D eigenvalue weighted by atomic mass is 9.87. The fraction of sp³-hybridized carbons (Fsp3) is 0.500. The monoisotopic (exact) mass is 322 g/mol. The van der Waals surface area contributed by atoms with Gasteiger partial charge >= 0.3 is 6.18 Å². The highest BCUT2D eigenvalue weighted by molar-refractivity contribution is 5.82. The van der Waals surface area contributed by atoms with Crippen LogP contribution in [0.2, 0.25) is 0 Å². The zero-order valence-electron chi connectivity index (χ0n) is 11.5. The first-order chi connectivity index (χ1) is 10.2. The summed E-state index contributed by atoms with van der Waals surface area (Å²) < 4.78 is 64.0. The van der Waals surface area contributed by atoms with Crippen molar-refractivity contribution in [1.29, 1.82) is 0 Å². The van der Waals surface area contributed by atoms with Gasteiger partial charge in [-0.05, 0) is 18.1 Å². The average Bonchev–Trinajstić information content (AvgIpc) is 2.42. The number of amides is 1. The Balaban J connectivity index is 2.17. The molecule has 1 fully saturated rings. The second-order valence-electron chi connectivity index (χ2n) is 5.33. The summed E-state index contributed by atoms with van der Waals surface area (Å²) in [5, 5.41) is 0. The molecule has 1 amide bonds. The molecule has 0 aliphatic carbocycles. The van der Waals surface area contributed by atoms with Crippen LogP contribution in [0.5, 0.6) is 0 Å². The van der Waals surface area contributed by atoms with Crippen molar-refractivity contribution >= 4 is 5.91 Å². The highest BCUT2D eigenvalue weighted by Gasteiger charge is 2.36. The van der Waals surface area contributed by atoms with E-state index < -0.39 is 48.6 Å². The number of carbonyl (C=O) groups is 1. The van der Waals surface area contributed by atoms with Crippen LogP contribution in [-0.2, 0) is 4.79 Å². The van der Waals surface area contributed by atoms with Crippen LogP contribution in [0.25, 0.3) is 0 Å². The molecule has 1 aliphatic rings. The van der Waals surface area contributed by atoms with Crippen molar-refractivity contribution < 1.29 is 26.7 Å². The van der Waals surface area contributed by atoms with Gasteiger partial charge in [0, 0.05) is 19.0 Å². The summed E-state index contributed by atoms with van der Waals surface area (Å²) in [4.78, 5) is 12.8. The Morgan fingerprint density at radius 3 is 2.59 bits per heavy atom. The van der Waals surface area contributed by atoms with Crippen LogP contribution in [0.4, 0.5) is 22.0 Å². The van der Waals surface area contributed by atoms with E-state index in [0.29, 0.717) is 0 Å². The molecule has 0 unspecified atom stereocenters. The molecule has 8 heteroatoms. The van der Waals surface area contributed by atoms with E-state index in [2.05, 4.69) is 0 Å². The molecular weight excluding hydrogens is 307 g/mol. The predicted molar refractivity (Wildman–Crippen MR) is 68.9 cm³/mol. The van der Waals surface area contributed by atoms with Crippen LogP contribution in [-0.4, -0.2) is 36.1 Å². The van der Waals surface area contributed by atoms with Crippen molar-refractivity contribution in [3.8, 4) is 0 Å². The molecular formula is C14H15F5N2O. The van der Waals surface area contributed by atoms with Crippen LogP contribution < -0.4 is 5.73 Å². The van der Waals surface area contributed by atoms with Gasteiger partial charge in [0.05, 0.1) is 12.5 Å². The maximum Gasteiger partial charge on any atom is 0.390 e. The summed E-state index contributed by atoms with van der Waals surface area (Å²) in [6, 6.07) is 2.60. The average molecular weight is 322 g/mol. The van der Waals surface area contributed by atoms with E-state index >= 15 is 0 Å². The zero-order valence-corrected chi connectivity index (χ0v) is 11.5. The van der Waals surface area contributed by atoms with Gasteiger partial charge in [0.15, 0.2) is 11.6 Å². The summed E-state index contributed by atoms with van der Waals surface area (Å²) in [5.74, 6) is -3.32. The fourth-order valence-corrected chi connectivity index (χ4v) is 2.60. The van der Waals surface area contributed by atoms with E-state index in [1.165, 1.54) is 12.1 Å². The molecule has 122 valence electrons. The van der Waals surface area contributed by atoms with E-state index in [9.17, 15) is 26.7 Å². The number of hydrogen-bond donors (Lipinski definition) is 1. The zero-order chi connectivity index (χ0) is 16.5.